The topological polar surface area (TPSA) is 296 Å². The van der Waals surface area contributed by atoms with Gasteiger partial charge in [-0.05, 0) is 75.8 Å². The van der Waals surface area contributed by atoms with Crippen molar-refractivity contribution in [3.63, 3.8) is 0 Å². The summed E-state index contributed by atoms with van der Waals surface area (Å²) in [5.74, 6) is -2.43. The van der Waals surface area contributed by atoms with Crippen LogP contribution in [0.15, 0.2) is 109 Å². The monoisotopic (exact) mass is 1290 g/mol. The second-order valence-corrected chi connectivity index (χ2v) is 21.9. The normalized spacial score (nSPS) is 12.4. The van der Waals surface area contributed by atoms with Crippen LogP contribution in [0.1, 0.15) is 24.0 Å². The standard InChI is InChI=1S/C70H90N6O17/c71-21-25-84-29-33-88-37-41-92-45-43-91-40-36-87-32-28-83-24-20-63(78)75-61(48-57-14-12-55-10-8-51-4-2-6-53-16-18-59(57)68(55)66(51)53)70(81)74-49-64(79)76-60(47-56-13-11-54-9-7-50-3-1-5-52-15-17-58(56)67(54)65(50)52)69(80)73-22-26-85-30-34-89-38-42-93-46-44-90-39-35-86-31-27-82-23-19-62(72)77/h1-18,60-61H,19-49,71H2,(H2,72,77)(H,73,80)(H,74,81)(H,75,78)(H,76,79)/t60-,61-/m0/s1. The lowest BCUT2D eigenvalue weighted by Gasteiger charge is -2.22. The highest BCUT2D eigenvalue weighted by Gasteiger charge is 2.27. The lowest BCUT2D eigenvalue weighted by Crippen LogP contribution is -2.53. The Balaban J connectivity index is 0.810. The van der Waals surface area contributed by atoms with Crippen molar-refractivity contribution in [2.45, 2.75) is 37.8 Å². The largest absolute Gasteiger partial charge is 0.379 e. The van der Waals surface area contributed by atoms with Gasteiger partial charge in [-0.25, -0.2) is 0 Å². The van der Waals surface area contributed by atoms with Gasteiger partial charge in [0.2, 0.25) is 29.5 Å². The lowest BCUT2D eigenvalue weighted by atomic mass is 9.90. The minimum atomic E-state index is -1.09. The zero-order valence-corrected chi connectivity index (χ0v) is 53.1. The molecule has 0 bridgehead atoms. The van der Waals surface area contributed by atoms with Crippen molar-refractivity contribution in [2.75, 3.05) is 178 Å². The van der Waals surface area contributed by atoms with E-state index in [4.69, 9.17) is 68.3 Å². The van der Waals surface area contributed by atoms with Crippen molar-refractivity contribution in [3.8, 4) is 0 Å². The first-order valence-corrected chi connectivity index (χ1v) is 32.0. The van der Waals surface area contributed by atoms with Gasteiger partial charge in [0.1, 0.15) is 12.1 Å². The summed E-state index contributed by atoms with van der Waals surface area (Å²) in [5, 5.41) is 24.3. The number of nitrogens with one attached hydrogen (secondary N) is 4. The number of nitrogens with two attached hydrogens (primary N) is 2. The predicted molar refractivity (Wildman–Crippen MR) is 355 cm³/mol. The molecule has 0 heterocycles. The maximum Gasteiger partial charge on any atom is 0.243 e. The third-order valence-corrected chi connectivity index (χ3v) is 15.3. The van der Waals surface area contributed by atoms with E-state index in [1.54, 1.807) is 0 Å². The molecule has 8 rings (SSSR count). The molecule has 8 N–H and O–H groups in total. The molecule has 502 valence electrons. The van der Waals surface area contributed by atoms with Gasteiger partial charge in [0.25, 0.3) is 0 Å². The van der Waals surface area contributed by atoms with E-state index in [1.165, 1.54) is 0 Å². The van der Waals surface area contributed by atoms with Gasteiger partial charge in [0, 0.05) is 38.8 Å². The average Bonchev–Trinajstić information content (AvgIpc) is 0.754. The molecule has 0 radical (unpaired) electrons. The molecule has 0 aromatic heterocycles. The molecular weight excluding hydrogens is 1200 g/mol. The highest BCUT2D eigenvalue weighted by molar-refractivity contribution is 6.24. The molecule has 8 aromatic rings. The van der Waals surface area contributed by atoms with Crippen molar-refractivity contribution in [1.29, 1.82) is 0 Å². The van der Waals surface area contributed by atoms with Crippen LogP contribution in [0, 0.1) is 0 Å². The summed E-state index contributed by atoms with van der Waals surface area (Å²) in [4.78, 5) is 67.2. The maximum atomic E-state index is 14.4. The van der Waals surface area contributed by atoms with E-state index in [-0.39, 0.29) is 65.3 Å². The molecule has 2 atom stereocenters. The van der Waals surface area contributed by atoms with E-state index in [0.29, 0.717) is 132 Å². The summed E-state index contributed by atoms with van der Waals surface area (Å²) in [5.41, 5.74) is 12.2. The van der Waals surface area contributed by atoms with Crippen LogP contribution >= 0.6 is 0 Å². The van der Waals surface area contributed by atoms with Gasteiger partial charge < -0.3 is 89.6 Å². The van der Waals surface area contributed by atoms with Gasteiger partial charge >= 0.3 is 0 Å². The Kier molecular flexibility index (Phi) is 31.3. The van der Waals surface area contributed by atoms with Crippen LogP contribution < -0.4 is 32.7 Å². The third kappa shape index (κ3) is 23.6. The first-order chi connectivity index (χ1) is 45.7. The van der Waals surface area contributed by atoms with Crippen LogP contribution in [0.5, 0.6) is 0 Å². The fraction of sp³-hybridized carbons (Fsp3) is 0.471. The van der Waals surface area contributed by atoms with Crippen molar-refractivity contribution in [2.24, 2.45) is 11.5 Å². The highest BCUT2D eigenvalue weighted by Crippen LogP contribution is 2.38. The summed E-state index contributed by atoms with van der Waals surface area (Å²) in [7, 11) is 0. The van der Waals surface area contributed by atoms with Crippen molar-refractivity contribution in [3.05, 3.63) is 120 Å². The maximum absolute atomic E-state index is 14.4. The Morgan fingerprint density at radius 2 is 0.645 bits per heavy atom. The van der Waals surface area contributed by atoms with E-state index in [9.17, 15) is 24.0 Å². The van der Waals surface area contributed by atoms with Crippen molar-refractivity contribution >= 4 is 94.2 Å². The van der Waals surface area contributed by atoms with Crippen LogP contribution in [0.25, 0.3) is 64.6 Å². The van der Waals surface area contributed by atoms with Crippen LogP contribution in [-0.2, 0) is 93.7 Å². The Labute approximate surface area is 541 Å². The molecule has 0 aliphatic carbocycles. The highest BCUT2D eigenvalue weighted by atomic mass is 16.6. The molecule has 0 aliphatic rings. The van der Waals surface area contributed by atoms with E-state index in [2.05, 4.69) is 88.0 Å². The first kappa shape index (κ1) is 71.5. The molecule has 5 amide bonds. The number of hydrogen-bond donors (Lipinski definition) is 6. The molecule has 23 nitrogen and oxygen atoms in total. The van der Waals surface area contributed by atoms with Crippen molar-refractivity contribution < 1.29 is 80.8 Å². The third-order valence-electron chi connectivity index (χ3n) is 15.3. The van der Waals surface area contributed by atoms with Gasteiger partial charge in [-0.1, -0.05) is 109 Å². The number of primary amides is 1. The van der Waals surface area contributed by atoms with Crippen LogP contribution in [-0.4, -0.2) is 220 Å². The van der Waals surface area contributed by atoms with E-state index >= 15 is 0 Å². The molecule has 0 saturated carbocycles. The molecule has 93 heavy (non-hydrogen) atoms. The predicted octanol–water partition coefficient (Wildman–Crippen LogP) is 4.89. The van der Waals surface area contributed by atoms with Gasteiger partial charge in [-0.15, -0.1) is 0 Å². The van der Waals surface area contributed by atoms with E-state index < -0.39 is 48.2 Å². The summed E-state index contributed by atoms with van der Waals surface area (Å²) in [6.07, 6.45) is 0.409. The quantitative estimate of drug-likeness (QED) is 0.0218. The molecule has 0 unspecified atom stereocenters. The molecule has 0 aliphatic heterocycles. The zero-order valence-electron chi connectivity index (χ0n) is 53.1. The fourth-order valence-corrected chi connectivity index (χ4v) is 10.8. The van der Waals surface area contributed by atoms with E-state index in [1.807, 2.05) is 42.5 Å². The molecule has 0 spiro atoms. The number of benzene rings is 8. The number of rotatable bonds is 51. The summed E-state index contributed by atoms with van der Waals surface area (Å²) < 4.78 is 66.3. The van der Waals surface area contributed by atoms with Crippen molar-refractivity contribution in [1.82, 2.24) is 21.3 Å². The van der Waals surface area contributed by atoms with Gasteiger partial charge in [-0.3, -0.25) is 24.0 Å². The minimum absolute atomic E-state index is 0.0363. The SMILES string of the molecule is NCCOCCOCCOCCOCCOCCOCCC(=O)N[C@@H](Cc1ccc2ccc3cccc4ccc1c2c34)C(=O)NCC(=O)N[C@@H](Cc1ccc2ccc3cccc4ccc1c2c34)C(=O)NCCOCCOCCOCCOCCOCCOCCC(N)=O. The molecule has 23 heteroatoms. The van der Waals surface area contributed by atoms with Gasteiger partial charge in [0.15, 0.2) is 0 Å². The number of ether oxygens (including phenoxy) is 12. The minimum Gasteiger partial charge on any atom is -0.379 e. The Bertz CT molecular complexity index is 3510. The fourth-order valence-electron chi connectivity index (χ4n) is 10.8. The number of amides is 5. The second kappa shape index (κ2) is 40.7. The van der Waals surface area contributed by atoms with Crippen LogP contribution in [0.3, 0.4) is 0 Å². The molecule has 8 aromatic carbocycles. The summed E-state index contributed by atoms with van der Waals surface area (Å²) >= 11 is 0. The van der Waals surface area contributed by atoms with Crippen LogP contribution in [0.4, 0.5) is 0 Å². The van der Waals surface area contributed by atoms with Gasteiger partial charge in [0.05, 0.1) is 165 Å². The summed E-state index contributed by atoms with van der Waals surface area (Å²) in [6, 6.07) is 34.9. The molecule has 0 fully saturated rings. The lowest BCUT2D eigenvalue weighted by molar-refractivity contribution is -0.131. The zero-order chi connectivity index (χ0) is 65.1. The molecule has 0 saturated heterocycles. The van der Waals surface area contributed by atoms with Gasteiger partial charge in [-0.2, -0.15) is 0 Å². The number of hydrogen-bond acceptors (Lipinski definition) is 18. The Hall–Kier alpha value is -7.33. The second-order valence-electron chi connectivity index (χ2n) is 21.9. The number of carbonyl (C=O) groups is 5. The van der Waals surface area contributed by atoms with Crippen LogP contribution in [0.2, 0.25) is 0 Å². The Morgan fingerprint density at radius 1 is 0.333 bits per heavy atom. The number of carbonyl (C=O) groups excluding carboxylic acids is 5. The Morgan fingerprint density at radius 3 is 1.03 bits per heavy atom. The smallest absolute Gasteiger partial charge is 0.243 e. The summed E-state index contributed by atoms with van der Waals surface area (Å²) in [6.45, 7) is 8.92. The average molecular weight is 1290 g/mol. The first-order valence-electron chi connectivity index (χ1n) is 32.0. The molecular formula is C70H90N6O17. The van der Waals surface area contributed by atoms with E-state index in [0.717, 1.165) is 75.8 Å².